The normalized spacial score (nSPS) is 10.7. The Hall–Kier alpha value is -3.90. The summed E-state index contributed by atoms with van der Waals surface area (Å²) in [6, 6.07) is 5.90. The van der Waals surface area contributed by atoms with Crippen molar-refractivity contribution in [2.24, 2.45) is 0 Å². The van der Waals surface area contributed by atoms with Crippen LogP contribution < -0.4 is 28.4 Å². The second kappa shape index (κ2) is 18.5. The minimum absolute atomic E-state index is 0.00646. The van der Waals surface area contributed by atoms with Gasteiger partial charge in [0.15, 0.2) is 23.0 Å². The van der Waals surface area contributed by atoms with E-state index in [9.17, 15) is 9.59 Å². The molecule has 2 aromatic rings. The topological polar surface area (TPSA) is 126 Å². The summed E-state index contributed by atoms with van der Waals surface area (Å²) in [6.07, 6.45) is 6.54. The van der Waals surface area contributed by atoms with Crippen LogP contribution in [0.4, 0.5) is 0 Å². The highest BCUT2D eigenvalue weighted by molar-refractivity contribution is 5.94. The van der Waals surface area contributed by atoms with Crippen molar-refractivity contribution in [2.45, 2.75) is 51.4 Å². The molecule has 0 saturated heterocycles. The summed E-state index contributed by atoms with van der Waals surface area (Å²) >= 11 is 0. The third-order valence-corrected chi connectivity index (χ3v) is 6.15. The van der Waals surface area contributed by atoms with E-state index < -0.39 is 11.9 Å². The van der Waals surface area contributed by atoms with Crippen molar-refractivity contribution in [3.05, 3.63) is 48.6 Å². The molecule has 0 unspecified atom stereocenters. The van der Waals surface area contributed by atoms with Gasteiger partial charge in [-0.1, -0.05) is 45.4 Å². The van der Waals surface area contributed by atoms with E-state index in [1.54, 1.807) is 0 Å². The van der Waals surface area contributed by atoms with Crippen molar-refractivity contribution >= 4 is 11.9 Å². The van der Waals surface area contributed by atoms with Gasteiger partial charge in [-0.25, -0.2) is 9.59 Å². The van der Waals surface area contributed by atoms with Gasteiger partial charge in [-0.3, -0.25) is 9.78 Å². The Bertz CT molecular complexity index is 1050. The van der Waals surface area contributed by atoms with Crippen molar-refractivity contribution in [2.75, 3.05) is 42.7 Å². The molecule has 0 aliphatic carbocycles. The lowest BCUT2D eigenvalue weighted by Gasteiger charge is -2.17. The van der Waals surface area contributed by atoms with Gasteiger partial charge < -0.3 is 28.4 Å². The van der Waals surface area contributed by atoms with E-state index in [2.05, 4.69) is 6.92 Å². The number of hydrogen-bond acceptors (Lipinski definition) is 12. The molecular weight excluding hydrogens is 552 g/mol. The fraction of sp³-hybridized carbons (Fsp3) is 0.467. The van der Waals surface area contributed by atoms with Gasteiger partial charge in [-0.05, 0) is 30.7 Å². The Kier molecular flexibility index (Phi) is 15.1. The largest absolute Gasteiger partial charge is 0.493 e. The van der Waals surface area contributed by atoms with Crippen LogP contribution in [0.15, 0.2) is 24.3 Å². The molecule has 0 saturated carbocycles. The Morgan fingerprint density at radius 3 is 1.31 bits per heavy atom. The molecule has 2 aromatic carbocycles. The molecule has 0 aliphatic rings. The molecular formula is C30H40O12. The average Bonchev–Trinajstić information content (AvgIpc) is 3.02. The zero-order valence-corrected chi connectivity index (χ0v) is 25.1. The fourth-order valence-electron chi connectivity index (χ4n) is 4.03. The Balaban J connectivity index is 2.14. The number of carbonyl (C=O) groups excluding carboxylic acids is 2. The molecule has 2 rings (SSSR count). The lowest BCUT2D eigenvalue weighted by Crippen LogP contribution is -2.17. The van der Waals surface area contributed by atoms with Crippen molar-refractivity contribution in [1.29, 1.82) is 0 Å². The first-order valence-electron chi connectivity index (χ1n) is 13.4. The number of rotatable bonds is 20. The molecule has 2 radical (unpaired) electrons. The Morgan fingerprint density at radius 2 is 0.929 bits per heavy atom. The van der Waals surface area contributed by atoms with Gasteiger partial charge in [0.05, 0.1) is 42.7 Å². The summed E-state index contributed by atoms with van der Waals surface area (Å²) in [6.45, 7) is 3.85. The molecule has 12 nitrogen and oxygen atoms in total. The number of hydrogen-bond donors (Lipinski definition) is 0. The van der Waals surface area contributed by atoms with Gasteiger partial charge in [-0.15, -0.1) is 9.78 Å². The van der Waals surface area contributed by atoms with Crippen molar-refractivity contribution < 1.29 is 57.6 Å². The van der Waals surface area contributed by atoms with Crippen LogP contribution in [0.1, 0.15) is 72.1 Å². The number of methoxy groups -OCH3 is 6. The molecule has 0 aliphatic heterocycles. The van der Waals surface area contributed by atoms with E-state index in [1.807, 2.05) is 0 Å². The lowest BCUT2D eigenvalue weighted by molar-refractivity contribution is -0.364. The van der Waals surface area contributed by atoms with E-state index in [4.69, 9.17) is 48.0 Å². The zero-order chi connectivity index (χ0) is 30.9. The average molecular weight is 593 g/mol. The second-order valence-electron chi connectivity index (χ2n) is 8.77. The van der Waals surface area contributed by atoms with Crippen molar-refractivity contribution in [1.82, 2.24) is 0 Å². The maximum atomic E-state index is 12.9. The minimum atomic E-state index is -0.907. The molecule has 0 atom stereocenters. The highest BCUT2D eigenvalue weighted by Gasteiger charge is 2.27. The van der Waals surface area contributed by atoms with Crippen LogP contribution in [0.5, 0.6) is 34.5 Å². The molecule has 0 heterocycles. The van der Waals surface area contributed by atoms with Gasteiger partial charge in [-0.2, -0.15) is 0 Å². The molecule has 0 fully saturated rings. The molecule has 0 amide bonds. The molecule has 0 spiro atoms. The first-order chi connectivity index (χ1) is 20.4. The smallest absolute Gasteiger partial charge is 0.377 e. The van der Waals surface area contributed by atoms with Crippen LogP contribution in [-0.2, 0) is 19.6 Å². The predicted octanol–water partition coefficient (Wildman–Crippen LogP) is 6.06. The summed E-state index contributed by atoms with van der Waals surface area (Å²) in [7, 11) is 8.47. The van der Waals surface area contributed by atoms with Crippen LogP contribution in [-0.4, -0.2) is 54.6 Å². The van der Waals surface area contributed by atoms with Crippen LogP contribution in [0.2, 0.25) is 0 Å². The highest BCUT2D eigenvalue weighted by atomic mass is 17.3. The molecule has 232 valence electrons. The van der Waals surface area contributed by atoms with Gasteiger partial charge in [0.1, 0.15) is 11.1 Å². The van der Waals surface area contributed by atoms with Crippen molar-refractivity contribution in [3.8, 4) is 34.5 Å². The van der Waals surface area contributed by atoms with Crippen LogP contribution >= 0.6 is 0 Å². The third kappa shape index (κ3) is 9.31. The molecule has 12 heteroatoms. The number of benzene rings is 2. The van der Waals surface area contributed by atoms with E-state index in [1.165, 1.54) is 66.9 Å². The summed E-state index contributed by atoms with van der Waals surface area (Å²) in [4.78, 5) is 46.3. The molecule has 0 bridgehead atoms. The number of carbonyl (C=O) groups is 2. The van der Waals surface area contributed by atoms with Crippen LogP contribution in [0.25, 0.3) is 0 Å². The van der Waals surface area contributed by atoms with Crippen molar-refractivity contribution in [3.63, 3.8) is 0 Å². The molecule has 0 aromatic heterocycles. The van der Waals surface area contributed by atoms with E-state index in [0.717, 1.165) is 38.5 Å². The van der Waals surface area contributed by atoms with Gasteiger partial charge in [0.25, 0.3) is 0 Å². The second-order valence-corrected chi connectivity index (χ2v) is 8.77. The summed E-state index contributed by atoms with van der Waals surface area (Å²) in [5.41, 5.74) is 0.0129. The zero-order valence-electron chi connectivity index (χ0n) is 25.1. The third-order valence-electron chi connectivity index (χ3n) is 6.15. The van der Waals surface area contributed by atoms with Gasteiger partial charge >= 0.3 is 18.2 Å². The van der Waals surface area contributed by atoms with Gasteiger partial charge in [0, 0.05) is 6.42 Å². The number of unbranched alkanes of at least 4 members (excludes halogenated alkanes) is 6. The van der Waals surface area contributed by atoms with Gasteiger partial charge in [0.2, 0.25) is 11.5 Å². The van der Waals surface area contributed by atoms with E-state index in [-0.39, 0.29) is 46.8 Å². The first-order valence-corrected chi connectivity index (χ1v) is 13.4. The van der Waals surface area contributed by atoms with E-state index in [0.29, 0.717) is 17.9 Å². The predicted molar refractivity (Wildman–Crippen MR) is 151 cm³/mol. The van der Waals surface area contributed by atoms with E-state index >= 15 is 0 Å². The lowest BCUT2D eigenvalue weighted by atomic mass is 10.1. The summed E-state index contributed by atoms with van der Waals surface area (Å²) in [5.74, 6) is -0.530. The fourth-order valence-corrected chi connectivity index (χ4v) is 4.03. The van der Waals surface area contributed by atoms with Crippen LogP contribution in [0.3, 0.4) is 0 Å². The van der Waals surface area contributed by atoms with Crippen LogP contribution in [0, 0.1) is 13.2 Å². The maximum Gasteiger partial charge on any atom is 0.377 e. The first kappa shape index (κ1) is 34.3. The SMILES string of the molecule is [CH2]CCCCCCCC[C](OOC(=O)c1ccc(OC)c(OC)c1OC)OOC(=O)c1ccc(OC)c(OC)c1OC. The quantitative estimate of drug-likeness (QED) is 0.101. The Morgan fingerprint density at radius 1 is 0.524 bits per heavy atom. The molecule has 42 heavy (non-hydrogen) atoms. The summed E-state index contributed by atoms with van der Waals surface area (Å²) in [5, 5.41) is 0. The monoisotopic (exact) mass is 592 g/mol. The minimum Gasteiger partial charge on any atom is -0.493 e. The highest BCUT2D eigenvalue weighted by Crippen LogP contribution is 2.41. The summed E-state index contributed by atoms with van der Waals surface area (Å²) < 4.78 is 31.8. The maximum absolute atomic E-state index is 12.9. The Labute approximate surface area is 246 Å². The standard InChI is InChI=1S/C30H40O12/c1-8-9-10-11-12-13-14-15-24(39-41-29(31)20-16-18-22(33-2)27(37-6)25(20)35-4)40-42-30(32)21-17-19-23(34-3)28(38-7)26(21)36-5/h16-19H,1,8-15H2,2-7H3. The number of ether oxygens (including phenoxy) is 6. The molecule has 0 N–H and O–H groups in total.